The maximum absolute atomic E-state index is 5.67. The Bertz CT molecular complexity index is 1260. The van der Waals surface area contributed by atoms with Crippen molar-refractivity contribution in [3.05, 3.63) is 75.1 Å². The van der Waals surface area contributed by atoms with Crippen LogP contribution in [0.4, 0.5) is 0 Å². The molecule has 0 saturated heterocycles. The molecule has 1 aliphatic rings. The van der Waals surface area contributed by atoms with Gasteiger partial charge in [0.05, 0.1) is 35.5 Å². The van der Waals surface area contributed by atoms with Crippen LogP contribution < -0.4 is 10.6 Å². The van der Waals surface area contributed by atoms with Crippen molar-refractivity contribution in [2.24, 2.45) is 0 Å². The average Bonchev–Trinajstić information content (AvgIpc) is 2.84. The molecule has 1 aromatic carbocycles. The fourth-order valence-corrected chi connectivity index (χ4v) is 4.10. The predicted octanol–water partition coefficient (Wildman–Crippen LogP) is 5.09. The van der Waals surface area contributed by atoms with Crippen LogP contribution in [0.3, 0.4) is 0 Å². The molecule has 0 unspecified atom stereocenters. The second-order valence-electron chi connectivity index (χ2n) is 8.55. The summed E-state index contributed by atoms with van der Waals surface area (Å²) in [6.45, 7) is 9.11. The summed E-state index contributed by atoms with van der Waals surface area (Å²) in [5, 5.41) is 3.39. The van der Waals surface area contributed by atoms with Crippen molar-refractivity contribution in [2.75, 3.05) is 13.2 Å². The molecule has 0 radical (unpaired) electrons. The first-order chi connectivity index (χ1) is 16.2. The number of aryl methyl sites for hydroxylation is 1. The molecule has 0 fully saturated rings. The summed E-state index contributed by atoms with van der Waals surface area (Å²) >= 11 is 0. The first-order valence-electron chi connectivity index (χ1n) is 12.2. The second-order valence-corrected chi connectivity index (χ2v) is 8.55. The normalized spacial score (nSPS) is 14.2. The minimum atomic E-state index is 0.567. The third kappa shape index (κ3) is 5.95. The highest BCUT2D eigenvalue weighted by Crippen LogP contribution is 2.24. The van der Waals surface area contributed by atoms with E-state index >= 15 is 0 Å². The third-order valence-corrected chi connectivity index (χ3v) is 5.82. The van der Waals surface area contributed by atoms with Gasteiger partial charge in [0, 0.05) is 18.6 Å². The molecule has 0 bridgehead atoms. The lowest BCUT2D eigenvalue weighted by Crippen LogP contribution is -2.31. The number of ether oxygens (including phenoxy) is 2. The average molecular weight is 443 g/mol. The summed E-state index contributed by atoms with van der Waals surface area (Å²) in [5.41, 5.74) is 6.84. The molecule has 1 aliphatic carbocycles. The van der Waals surface area contributed by atoms with Gasteiger partial charge < -0.3 is 9.47 Å². The summed E-state index contributed by atoms with van der Waals surface area (Å²) < 4.78 is 11.3. The van der Waals surface area contributed by atoms with E-state index in [4.69, 9.17) is 19.4 Å². The first-order valence-corrected chi connectivity index (χ1v) is 12.2. The van der Waals surface area contributed by atoms with Gasteiger partial charge in [0.25, 0.3) is 0 Å². The van der Waals surface area contributed by atoms with E-state index in [1.54, 1.807) is 0 Å². The molecular weight excluding hydrogens is 408 g/mol. The summed E-state index contributed by atoms with van der Waals surface area (Å²) in [6, 6.07) is 12.9. The Labute approximate surface area is 196 Å². The minimum Gasteiger partial charge on any atom is -0.375 e. The van der Waals surface area contributed by atoms with Crippen molar-refractivity contribution in [3.63, 3.8) is 0 Å². The SMILES string of the molecule is CCCOCc1ccc2c(n1)=C/C(=C/c1cc3ccc(COCCC)nc3cc1CC)CC=2. The molecule has 3 aromatic rings. The molecule has 0 spiro atoms. The van der Waals surface area contributed by atoms with Gasteiger partial charge in [-0.1, -0.05) is 45.1 Å². The smallest absolute Gasteiger partial charge is 0.0888 e. The number of hydrogen-bond donors (Lipinski definition) is 0. The van der Waals surface area contributed by atoms with Gasteiger partial charge in [0.2, 0.25) is 0 Å². The number of fused-ring (bicyclic) bond motifs is 2. The highest BCUT2D eigenvalue weighted by molar-refractivity contribution is 5.84. The highest BCUT2D eigenvalue weighted by Gasteiger charge is 2.08. The molecule has 0 atom stereocenters. The second kappa shape index (κ2) is 11.4. The molecule has 0 N–H and O–H groups in total. The van der Waals surface area contributed by atoms with Gasteiger partial charge >= 0.3 is 0 Å². The van der Waals surface area contributed by atoms with Gasteiger partial charge in [0.1, 0.15) is 0 Å². The number of nitrogens with zero attached hydrogens (tertiary/aromatic N) is 2. The number of aromatic nitrogens is 2. The Hall–Kier alpha value is -2.82. The van der Waals surface area contributed by atoms with Gasteiger partial charge in [-0.05, 0) is 77.9 Å². The van der Waals surface area contributed by atoms with Crippen LogP contribution >= 0.6 is 0 Å². The molecule has 2 heterocycles. The molecule has 4 rings (SSSR count). The lowest BCUT2D eigenvalue weighted by molar-refractivity contribution is 0.119. The van der Waals surface area contributed by atoms with Crippen LogP contribution in [0.1, 0.15) is 62.5 Å². The zero-order valence-corrected chi connectivity index (χ0v) is 20.1. The van der Waals surface area contributed by atoms with Crippen molar-refractivity contribution < 1.29 is 9.47 Å². The summed E-state index contributed by atoms with van der Waals surface area (Å²) in [6.07, 6.45) is 10.7. The van der Waals surface area contributed by atoms with Crippen LogP contribution in [-0.4, -0.2) is 23.2 Å². The van der Waals surface area contributed by atoms with Crippen LogP contribution in [0.15, 0.2) is 42.0 Å². The Balaban J connectivity index is 1.62. The van der Waals surface area contributed by atoms with E-state index in [1.807, 2.05) is 0 Å². The molecule has 0 saturated carbocycles. The topological polar surface area (TPSA) is 44.2 Å². The van der Waals surface area contributed by atoms with Crippen molar-refractivity contribution in [3.8, 4) is 0 Å². The van der Waals surface area contributed by atoms with Gasteiger partial charge in [-0.15, -0.1) is 0 Å². The zero-order valence-electron chi connectivity index (χ0n) is 20.1. The van der Waals surface area contributed by atoms with Gasteiger partial charge in [-0.2, -0.15) is 0 Å². The Morgan fingerprint density at radius 3 is 2.33 bits per heavy atom. The molecular formula is C29H34N2O2. The number of pyridine rings is 2. The molecule has 0 aliphatic heterocycles. The van der Waals surface area contributed by atoms with Crippen LogP contribution in [0.2, 0.25) is 0 Å². The van der Waals surface area contributed by atoms with Gasteiger partial charge in [0.15, 0.2) is 0 Å². The highest BCUT2D eigenvalue weighted by atomic mass is 16.5. The molecule has 4 nitrogen and oxygen atoms in total. The fraction of sp³-hybridized carbons (Fsp3) is 0.379. The zero-order chi connectivity index (χ0) is 23.0. The standard InChI is InChI=1S/C29H34N2O2/c1-4-13-32-19-26-11-9-23-8-7-21(16-28(23)30-26)15-25-17-24-10-12-27(20-33-14-5-2)31-29(24)18-22(25)6-3/h8-12,15-18H,4-7,13-14,19-20H2,1-3H3/b21-15+. The maximum atomic E-state index is 5.67. The van der Waals surface area contributed by atoms with E-state index in [2.05, 4.69) is 75.4 Å². The van der Waals surface area contributed by atoms with Crippen LogP contribution in [0.25, 0.3) is 29.1 Å². The van der Waals surface area contributed by atoms with E-state index in [-0.39, 0.29) is 0 Å². The number of benzene rings is 1. The van der Waals surface area contributed by atoms with Crippen molar-refractivity contribution in [1.82, 2.24) is 9.97 Å². The lowest BCUT2D eigenvalue weighted by Gasteiger charge is -2.11. The molecule has 0 amide bonds. The van der Waals surface area contributed by atoms with Crippen molar-refractivity contribution in [1.29, 1.82) is 0 Å². The van der Waals surface area contributed by atoms with Crippen molar-refractivity contribution in [2.45, 2.75) is 59.7 Å². The Kier molecular flexibility index (Phi) is 8.03. The maximum Gasteiger partial charge on any atom is 0.0888 e. The van der Waals surface area contributed by atoms with E-state index in [9.17, 15) is 0 Å². The van der Waals surface area contributed by atoms with Crippen LogP contribution in [0, 0.1) is 0 Å². The quantitative estimate of drug-likeness (QED) is 0.410. The molecule has 172 valence electrons. The van der Waals surface area contributed by atoms with Crippen LogP contribution in [0.5, 0.6) is 0 Å². The number of rotatable bonds is 10. The van der Waals surface area contributed by atoms with Crippen LogP contribution in [-0.2, 0) is 29.1 Å². The Morgan fingerprint density at radius 2 is 1.61 bits per heavy atom. The van der Waals surface area contributed by atoms with Gasteiger partial charge in [-0.3, -0.25) is 9.97 Å². The first kappa shape index (κ1) is 23.3. The van der Waals surface area contributed by atoms with E-state index in [0.717, 1.165) is 66.5 Å². The summed E-state index contributed by atoms with van der Waals surface area (Å²) in [4.78, 5) is 9.67. The minimum absolute atomic E-state index is 0.567. The monoisotopic (exact) mass is 442 g/mol. The van der Waals surface area contributed by atoms with E-state index < -0.39 is 0 Å². The fourth-order valence-electron chi connectivity index (χ4n) is 4.10. The van der Waals surface area contributed by atoms with E-state index in [0.29, 0.717) is 13.2 Å². The third-order valence-electron chi connectivity index (χ3n) is 5.82. The largest absolute Gasteiger partial charge is 0.375 e. The summed E-state index contributed by atoms with van der Waals surface area (Å²) in [5.74, 6) is 0. The number of hydrogen-bond acceptors (Lipinski definition) is 4. The lowest BCUT2D eigenvalue weighted by atomic mass is 9.97. The predicted molar refractivity (Wildman–Crippen MR) is 136 cm³/mol. The van der Waals surface area contributed by atoms with Gasteiger partial charge in [-0.25, -0.2) is 0 Å². The number of allylic oxidation sites excluding steroid dienone is 1. The molecule has 33 heavy (non-hydrogen) atoms. The molecule has 2 aromatic heterocycles. The van der Waals surface area contributed by atoms with E-state index in [1.165, 1.54) is 21.9 Å². The Morgan fingerprint density at radius 1 is 0.879 bits per heavy atom. The van der Waals surface area contributed by atoms with Crippen molar-refractivity contribution >= 4 is 29.1 Å². The molecule has 4 heteroatoms. The summed E-state index contributed by atoms with van der Waals surface area (Å²) in [7, 11) is 0.